The average molecular weight is 247 g/mol. The maximum absolute atomic E-state index is 11.3. The van der Waals surface area contributed by atoms with Crippen molar-refractivity contribution in [2.24, 2.45) is 0 Å². The number of nitrogens with one attached hydrogen (secondary N) is 2. The van der Waals surface area contributed by atoms with Gasteiger partial charge in [0.2, 0.25) is 5.91 Å². The molecule has 0 aliphatic rings. The largest absolute Gasteiger partial charge is 0.397 e. The number of rotatable bonds is 6. The lowest BCUT2D eigenvalue weighted by atomic mass is 10.2. The van der Waals surface area contributed by atoms with Crippen molar-refractivity contribution in [2.45, 2.75) is 19.8 Å². The molecule has 18 heavy (non-hydrogen) atoms. The van der Waals surface area contributed by atoms with Crippen molar-refractivity contribution in [3.05, 3.63) is 17.8 Å². The van der Waals surface area contributed by atoms with Crippen molar-refractivity contribution in [1.29, 1.82) is 5.26 Å². The van der Waals surface area contributed by atoms with E-state index in [-0.39, 0.29) is 5.91 Å². The lowest BCUT2D eigenvalue weighted by molar-refractivity contribution is -0.120. The highest BCUT2D eigenvalue weighted by Crippen LogP contribution is 2.13. The van der Waals surface area contributed by atoms with Crippen LogP contribution < -0.4 is 16.4 Å². The highest BCUT2D eigenvalue weighted by molar-refractivity contribution is 5.76. The number of carbonyl (C=O) groups is 1. The number of pyridine rings is 1. The van der Waals surface area contributed by atoms with Crippen LogP contribution in [0.3, 0.4) is 0 Å². The molecule has 6 heteroatoms. The summed E-state index contributed by atoms with van der Waals surface area (Å²) >= 11 is 0. The van der Waals surface area contributed by atoms with Gasteiger partial charge >= 0.3 is 0 Å². The van der Waals surface area contributed by atoms with Crippen LogP contribution in [0, 0.1) is 11.3 Å². The molecular formula is C12H17N5O. The molecule has 0 saturated carbocycles. The number of nitriles is 1. The van der Waals surface area contributed by atoms with E-state index in [1.165, 1.54) is 6.20 Å². The van der Waals surface area contributed by atoms with E-state index in [0.29, 0.717) is 36.6 Å². The second-order valence-electron chi connectivity index (χ2n) is 3.80. The molecule has 0 radical (unpaired) electrons. The molecule has 1 rings (SSSR count). The molecule has 1 aromatic rings. The summed E-state index contributed by atoms with van der Waals surface area (Å²) < 4.78 is 0. The van der Waals surface area contributed by atoms with Crippen LogP contribution in [0.2, 0.25) is 0 Å². The number of aromatic nitrogens is 1. The van der Waals surface area contributed by atoms with E-state index in [2.05, 4.69) is 15.6 Å². The maximum atomic E-state index is 11.3. The van der Waals surface area contributed by atoms with Gasteiger partial charge in [-0.1, -0.05) is 6.92 Å². The average Bonchev–Trinajstić information content (AvgIpc) is 2.37. The van der Waals surface area contributed by atoms with Gasteiger partial charge in [0.1, 0.15) is 11.9 Å². The number of amides is 1. The number of hydrogen-bond donors (Lipinski definition) is 3. The molecule has 0 spiro atoms. The fraction of sp³-hybridized carbons (Fsp3) is 0.417. The summed E-state index contributed by atoms with van der Waals surface area (Å²) in [6.45, 7) is 3.11. The first-order valence-corrected chi connectivity index (χ1v) is 5.83. The SMILES string of the molecule is CCCNC(=O)CCNc1ncc(N)cc1C#N. The molecule has 0 aliphatic heterocycles. The van der Waals surface area contributed by atoms with Gasteiger partial charge in [0.05, 0.1) is 17.4 Å². The minimum Gasteiger partial charge on any atom is -0.397 e. The van der Waals surface area contributed by atoms with Gasteiger partial charge in [0.25, 0.3) is 0 Å². The standard InChI is InChI=1S/C12H17N5O/c1-2-4-15-11(18)3-5-16-12-9(7-13)6-10(14)8-17-12/h6,8H,2-5,14H2,1H3,(H,15,18)(H,16,17). The Morgan fingerprint density at radius 3 is 3.00 bits per heavy atom. The predicted octanol–water partition coefficient (Wildman–Crippen LogP) is 0.864. The summed E-state index contributed by atoms with van der Waals surface area (Å²) in [7, 11) is 0. The van der Waals surface area contributed by atoms with Gasteiger partial charge in [0, 0.05) is 19.5 Å². The molecular weight excluding hydrogens is 230 g/mol. The van der Waals surface area contributed by atoms with Gasteiger partial charge in [-0.2, -0.15) is 5.26 Å². The fourth-order valence-electron chi connectivity index (χ4n) is 1.35. The lowest BCUT2D eigenvalue weighted by Crippen LogP contribution is -2.26. The molecule has 0 fully saturated rings. The van der Waals surface area contributed by atoms with Crippen LogP contribution in [-0.2, 0) is 4.79 Å². The van der Waals surface area contributed by atoms with Crippen molar-refractivity contribution >= 4 is 17.4 Å². The first-order valence-electron chi connectivity index (χ1n) is 5.83. The Bertz CT molecular complexity index is 452. The molecule has 1 aromatic heterocycles. The smallest absolute Gasteiger partial charge is 0.221 e. The summed E-state index contributed by atoms with van der Waals surface area (Å²) in [6.07, 6.45) is 2.73. The molecule has 0 aliphatic carbocycles. The van der Waals surface area contributed by atoms with Gasteiger partial charge in [-0.15, -0.1) is 0 Å². The third-order valence-corrected chi connectivity index (χ3v) is 2.25. The summed E-state index contributed by atoms with van der Waals surface area (Å²) in [6, 6.07) is 3.55. The van der Waals surface area contributed by atoms with E-state index in [1.54, 1.807) is 6.07 Å². The maximum Gasteiger partial charge on any atom is 0.221 e. The molecule has 1 amide bonds. The molecule has 0 saturated heterocycles. The zero-order valence-corrected chi connectivity index (χ0v) is 10.4. The summed E-state index contributed by atoms with van der Waals surface area (Å²) in [5.74, 6) is 0.438. The molecule has 0 aromatic carbocycles. The number of nitrogen functional groups attached to an aromatic ring is 1. The van der Waals surface area contributed by atoms with Gasteiger partial charge < -0.3 is 16.4 Å². The minimum atomic E-state index is -0.0155. The van der Waals surface area contributed by atoms with Crippen LogP contribution in [0.15, 0.2) is 12.3 Å². The summed E-state index contributed by atoms with van der Waals surface area (Å²) in [4.78, 5) is 15.4. The first-order chi connectivity index (χ1) is 8.67. The zero-order chi connectivity index (χ0) is 13.4. The third kappa shape index (κ3) is 4.29. The Labute approximate surface area is 106 Å². The Kier molecular flexibility index (Phi) is 5.45. The molecule has 0 atom stereocenters. The molecule has 96 valence electrons. The van der Waals surface area contributed by atoms with E-state index < -0.39 is 0 Å². The number of hydrogen-bond acceptors (Lipinski definition) is 5. The van der Waals surface area contributed by atoms with E-state index in [1.807, 2.05) is 13.0 Å². The molecule has 6 nitrogen and oxygen atoms in total. The molecule has 1 heterocycles. The normalized spacial score (nSPS) is 9.56. The van der Waals surface area contributed by atoms with Gasteiger partial charge in [-0.3, -0.25) is 4.79 Å². The number of nitrogens with zero attached hydrogens (tertiary/aromatic N) is 2. The Morgan fingerprint density at radius 1 is 1.56 bits per heavy atom. The van der Waals surface area contributed by atoms with Crippen LogP contribution in [-0.4, -0.2) is 24.0 Å². The predicted molar refractivity (Wildman–Crippen MR) is 69.8 cm³/mol. The first kappa shape index (κ1) is 13.8. The monoisotopic (exact) mass is 247 g/mol. The topological polar surface area (TPSA) is 104 Å². The molecule has 0 unspecified atom stereocenters. The van der Waals surface area contributed by atoms with Crippen LogP contribution in [0.5, 0.6) is 0 Å². The minimum absolute atomic E-state index is 0.0155. The van der Waals surface area contributed by atoms with Crippen molar-refractivity contribution in [1.82, 2.24) is 10.3 Å². The van der Waals surface area contributed by atoms with Crippen LogP contribution in [0.4, 0.5) is 11.5 Å². The Morgan fingerprint density at radius 2 is 2.33 bits per heavy atom. The number of anilines is 2. The Balaban J connectivity index is 2.44. The number of carbonyl (C=O) groups excluding carboxylic acids is 1. The van der Waals surface area contributed by atoms with Crippen molar-refractivity contribution < 1.29 is 4.79 Å². The number of nitrogens with two attached hydrogens (primary N) is 1. The lowest BCUT2D eigenvalue weighted by Gasteiger charge is -2.07. The van der Waals surface area contributed by atoms with Crippen molar-refractivity contribution in [2.75, 3.05) is 24.1 Å². The van der Waals surface area contributed by atoms with Crippen molar-refractivity contribution in [3.8, 4) is 6.07 Å². The van der Waals surface area contributed by atoms with Crippen molar-refractivity contribution in [3.63, 3.8) is 0 Å². The summed E-state index contributed by atoms with van der Waals surface area (Å²) in [5, 5.41) is 14.6. The third-order valence-electron chi connectivity index (χ3n) is 2.25. The molecule has 4 N–H and O–H groups in total. The van der Waals surface area contributed by atoms with Gasteiger partial charge in [-0.25, -0.2) is 4.98 Å². The second-order valence-corrected chi connectivity index (χ2v) is 3.80. The summed E-state index contributed by atoms with van der Waals surface area (Å²) in [5.41, 5.74) is 6.35. The van der Waals surface area contributed by atoms with E-state index in [4.69, 9.17) is 11.0 Å². The fourth-order valence-corrected chi connectivity index (χ4v) is 1.35. The quantitative estimate of drug-likeness (QED) is 0.691. The highest BCUT2D eigenvalue weighted by Gasteiger charge is 2.05. The van der Waals surface area contributed by atoms with Gasteiger partial charge in [-0.05, 0) is 12.5 Å². The Hall–Kier alpha value is -2.29. The van der Waals surface area contributed by atoms with Crippen LogP contribution >= 0.6 is 0 Å². The van der Waals surface area contributed by atoms with Crippen LogP contribution in [0.1, 0.15) is 25.3 Å². The highest BCUT2D eigenvalue weighted by atomic mass is 16.1. The van der Waals surface area contributed by atoms with Crippen LogP contribution in [0.25, 0.3) is 0 Å². The molecule has 0 bridgehead atoms. The zero-order valence-electron chi connectivity index (χ0n) is 10.4. The van der Waals surface area contributed by atoms with Gasteiger partial charge in [0.15, 0.2) is 0 Å². The van der Waals surface area contributed by atoms with E-state index in [0.717, 1.165) is 6.42 Å². The van der Waals surface area contributed by atoms with E-state index in [9.17, 15) is 4.79 Å². The second kappa shape index (κ2) is 7.12. The van der Waals surface area contributed by atoms with E-state index >= 15 is 0 Å².